The Morgan fingerprint density at radius 1 is 1.30 bits per heavy atom. The minimum Gasteiger partial charge on any atom is -0.308 e. The maximum absolute atomic E-state index is 4.43. The molecule has 112 valence electrons. The monoisotopic (exact) mass is 275 g/mol. The minimum atomic E-state index is 0.295. The third kappa shape index (κ3) is 3.39. The first kappa shape index (κ1) is 15.5. The average Bonchev–Trinajstić information content (AvgIpc) is 2.49. The number of hydrogen-bond donors (Lipinski definition) is 1. The van der Waals surface area contributed by atoms with Gasteiger partial charge in [0.1, 0.15) is 0 Å². The van der Waals surface area contributed by atoms with Crippen LogP contribution in [0.5, 0.6) is 0 Å². The number of aryl methyl sites for hydroxylation is 1. The van der Waals surface area contributed by atoms with Crippen molar-refractivity contribution < 1.29 is 0 Å². The summed E-state index contributed by atoms with van der Waals surface area (Å²) in [5, 5.41) is 3.80. The normalized spacial score (nSPS) is 22.9. The number of nitrogens with zero attached hydrogens (tertiary/aromatic N) is 2. The molecule has 20 heavy (non-hydrogen) atoms. The van der Waals surface area contributed by atoms with Gasteiger partial charge in [0.05, 0.1) is 0 Å². The smallest absolute Gasteiger partial charge is 0.0372 e. The van der Waals surface area contributed by atoms with Crippen molar-refractivity contribution in [3.63, 3.8) is 0 Å². The molecule has 1 aromatic rings. The van der Waals surface area contributed by atoms with Crippen molar-refractivity contribution in [2.24, 2.45) is 0 Å². The second-order valence-corrected chi connectivity index (χ2v) is 6.14. The lowest BCUT2D eigenvalue weighted by Gasteiger charge is -2.47. The summed E-state index contributed by atoms with van der Waals surface area (Å²) in [5.74, 6) is 0. The van der Waals surface area contributed by atoms with Gasteiger partial charge in [-0.1, -0.05) is 26.8 Å². The minimum absolute atomic E-state index is 0.295. The van der Waals surface area contributed by atoms with Crippen molar-refractivity contribution in [1.29, 1.82) is 0 Å². The van der Waals surface area contributed by atoms with E-state index in [-0.39, 0.29) is 0 Å². The number of hydrogen-bond acceptors (Lipinski definition) is 3. The van der Waals surface area contributed by atoms with Crippen molar-refractivity contribution in [3.8, 4) is 0 Å². The van der Waals surface area contributed by atoms with Crippen LogP contribution in [0, 0.1) is 6.92 Å². The van der Waals surface area contributed by atoms with E-state index in [0.29, 0.717) is 11.6 Å². The van der Waals surface area contributed by atoms with Gasteiger partial charge in [0.25, 0.3) is 0 Å². The standard InChI is InChI=1S/C17H29N3/c1-5-16-11-19-17(6-2,7-3)13-20(16)12-15-9-8-14(4)18-10-15/h8-10,16,19H,5-7,11-13H2,1-4H3. The van der Waals surface area contributed by atoms with Gasteiger partial charge in [-0.25, -0.2) is 0 Å². The lowest BCUT2D eigenvalue weighted by Crippen LogP contribution is -2.63. The number of nitrogens with one attached hydrogen (secondary N) is 1. The molecule has 3 heteroatoms. The highest BCUT2D eigenvalue weighted by atomic mass is 15.3. The lowest BCUT2D eigenvalue weighted by molar-refractivity contribution is 0.0642. The Morgan fingerprint density at radius 3 is 2.60 bits per heavy atom. The molecule has 1 aliphatic heterocycles. The molecule has 2 heterocycles. The third-order valence-electron chi connectivity index (χ3n) is 4.92. The predicted octanol–water partition coefficient (Wildman–Crippen LogP) is 3.13. The van der Waals surface area contributed by atoms with Gasteiger partial charge in [-0.15, -0.1) is 0 Å². The highest BCUT2D eigenvalue weighted by Crippen LogP contribution is 2.25. The van der Waals surface area contributed by atoms with Crippen LogP contribution >= 0.6 is 0 Å². The number of rotatable bonds is 5. The predicted molar refractivity (Wildman–Crippen MR) is 84.8 cm³/mol. The number of aromatic nitrogens is 1. The van der Waals surface area contributed by atoms with Gasteiger partial charge in [0, 0.05) is 43.1 Å². The first-order valence-corrected chi connectivity index (χ1v) is 8.03. The van der Waals surface area contributed by atoms with Gasteiger partial charge in [0.15, 0.2) is 0 Å². The molecule has 1 atom stereocenters. The number of pyridine rings is 1. The van der Waals surface area contributed by atoms with Crippen molar-refractivity contribution in [2.75, 3.05) is 13.1 Å². The second kappa shape index (κ2) is 6.68. The average molecular weight is 275 g/mol. The van der Waals surface area contributed by atoms with E-state index in [4.69, 9.17) is 0 Å². The van der Waals surface area contributed by atoms with E-state index in [1.54, 1.807) is 0 Å². The molecule has 2 rings (SSSR count). The molecule has 0 spiro atoms. The van der Waals surface area contributed by atoms with Gasteiger partial charge >= 0.3 is 0 Å². The van der Waals surface area contributed by atoms with Crippen molar-refractivity contribution in [3.05, 3.63) is 29.6 Å². The van der Waals surface area contributed by atoms with Crippen LogP contribution in [-0.4, -0.2) is 34.6 Å². The highest BCUT2D eigenvalue weighted by molar-refractivity contribution is 5.14. The molecule has 1 unspecified atom stereocenters. The van der Waals surface area contributed by atoms with E-state index >= 15 is 0 Å². The van der Waals surface area contributed by atoms with Crippen LogP contribution in [0.4, 0.5) is 0 Å². The Kier molecular flexibility index (Phi) is 5.17. The SMILES string of the molecule is CCC1CNC(CC)(CC)CN1Cc1ccc(C)nc1. The molecule has 0 amide bonds. The third-order valence-corrected chi connectivity index (χ3v) is 4.92. The van der Waals surface area contributed by atoms with Gasteiger partial charge < -0.3 is 5.32 Å². The first-order chi connectivity index (χ1) is 9.62. The van der Waals surface area contributed by atoms with E-state index < -0.39 is 0 Å². The van der Waals surface area contributed by atoms with Gasteiger partial charge in [0.2, 0.25) is 0 Å². The zero-order chi connectivity index (χ0) is 14.6. The fourth-order valence-corrected chi connectivity index (χ4v) is 3.17. The summed E-state index contributed by atoms with van der Waals surface area (Å²) in [6.07, 6.45) is 5.63. The van der Waals surface area contributed by atoms with Crippen LogP contribution in [0.2, 0.25) is 0 Å². The van der Waals surface area contributed by atoms with Gasteiger partial charge in [-0.05, 0) is 37.8 Å². The van der Waals surface area contributed by atoms with Crippen LogP contribution in [0.25, 0.3) is 0 Å². The molecular formula is C17H29N3. The summed E-state index contributed by atoms with van der Waals surface area (Å²) in [6.45, 7) is 12.2. The van der Waals surface area contributed by atoms with E-state index in [1.807, 2.05) is 13.1 Å². The van der Waals surface area contributed by atoms with Crippen molar-refractivity contribution >= 4 is 0 Å². The summed E-state index contributed by atoms with van der Waals surface area (Å²) in [7, 11) is 0. The summed E-state index contributed by atoms with van der Waals surface area (Å²) in [5.41, 5.74) is 2.72. The van der Waals surface area contributed by atoms with Crippen molar-refractivity contribution in [2.45, 2.75) is 65.1 Å². The molecule has 1 aromatic heterocycles. The maximum atomic E-state index is 4.43. The molecule has 1 saturated heterocycles. The quantitative estimate of drug-likeness (QED) is 0.895. The Labute approximate surface area is 123 Å². The van der Waals surface area contributed by atoms with Gasteiger partial charge in [-0.2, -0.15) is 0 Å². The highest BCUT2D eigenvalue weighted by Gasteiger charge is 2.35. The maximum Gasteiger partial charge on any atom is 0.0372 e. The van der Waals surface area contributed by atoms with Crippen LogP contribution in [0.1, 0.15) is 51.3 Å². The molecule has 1 fully saturated rings. The molecule has 0 aliphatic carbocycles. The number of piperazine rings is 1. The topological polar surface area (TPSA) is 28.2 Å². The van der Waals surface area contributed by atoms with E-state index in [2.05, 4.69) is 48.1 Å². The molecule has 1 aliphatic rings. The molecular weight excluding hydrogens is 246 g/mol. The molecule has 3 nitrogen and oxygen atoms in total. The largest absolute Gasteiger partial charge is 0.308 e. The van der Waals surface area contributed by atoms with E-state index in [0.717, 1.165) is 25.3 Å². The Balaban J connectivity index is 2.10. The van der Waals surface area contributed by atoms with Crippen LogP contribution < -0.4 is 5.32 Å². The zero-order valence-corrected chi connectivity index (χ0v) is 13.4. The second-order valence-electron chi connectivity index (χ2n) is 6.14. The Bertz CT molecular complexity index is 409. The van der Waals surface area contributed by atoms with Crippen molar-refractivity contribution in [1.82, 2.24) is 15.2 Å². The van der Waals surface area contributed by atoms with E-state index in [9.17, 15) is 0 Å². The summed E-state index contributed by atoms with van der Waals surface area (Å²) in [6, 6.07) is 4.98. The molecule has 1 N–H and O–H groups in total. The first-order valence-electron chi connectivity index (χ1n) is 8.03. The van der Waals surface area contributed by atoms with E-state index in [1.165, 1.54) is 24.8 Å². The van der Waals surface area contributed by atoms with Crippen LogP contribution in [-0.2, 0) is 6.54 Å². The Morgan fingerprint density at radius 2 is 2.05 bits per heavy atom. The summed E-state index contributed by atoms with van der Waals surface area (Å²) >= 11 is 0. The molecule has 0 saturated carbocycles. The molecule has 0 bridgehead atoms. The Hall–Kier alpha value is -0.930. The van der Waals surface area contributed by atoms with Crippen LogP contribution in [0.3, 0.4) is 0 Å². The molecule has 0 radical (unpaired) electrons. The fraction of sp³-hybridized carbons (Fsp3) is 0.706. The summed E-state index contributed by atoms with van der Waals surface area (Å²) in [4.78, 5) is 7.08. The fourth-order valence-electron chi connectivity index (χ4n) is 3.17. The lowest BCUT2D eigenvalue weighted by atomic mass is 9.88. The van der Waals surface area contributed by atoms with Gasteiger partial charge in [-0.3, -0.25) is 9.88 Å². The van der Waals surface area contributed by atoms with Crippen LogP contribution in [0.15, 0.2) is 18.3 Å². The summed E-state index contributed by atoms with van der Waals surface area (Å²) < 4.78 is 0. The molecule has 0 aromatic carbocycles. The zero-order valence-electron chi connectivity index (χ0n) is 13.4.